The molecule has 2 unspecified atom stereocenters. The van der Waals surface area contributed by atoms with Crippen LogP contribution >= 0.6 is 24.4 Å². The zero-order valence-electron chi connectivity index (χ0n) is 79.4. The van der Waals surface area contributed by atoms with Crippen LogP contribution in [0.5, 0.6) is 46.0 Å². The molecular weight excluding hydrogens is 1740 g/mol. The number of rotatable bonds is 6. The molecule has 0 aromatic heterocycles. The molecule has 20 nitrogen and oxygen atoms in total. The second-order valence-corrected chi connectivity index (χ2v) is 43.6. The van der Waals surface area contributed by atoms with Gasteiger partial charge in [-0.25, -0.2) is 0 Å². The molecule has 22 heteroatoms. The van der Waals surface area contributed by atoms with Crippen molar-refractivity contribution in [2.45, 2.75) is 269 Å². The number of hydrogen-bond donors (Lipinski definition) is 8. The number of aliphatic hydroxyl groups is 4. The van der Waals surface area contributed by atoms with Gasteiger partial charge in [0.15, 0.2) is 67.8 Å². The number of allylic oxidation sites excluding steroid dienone is 16. The topological polar surface area (TPSA) is 290 Å². The predicted octanol–water partition coefficient (Wildman–Crippen LogP) is 19.2. The second kappa shape index (κ2) is 36.0. The molecule has 8 fully saturated rings. The van der Waals surface area contributed by atoms with Crippen molar-refractivity contribution in [3.8, 4) is 93.4 Å². The first kappa shape index (κ1) is 91.7. The molecule has 0 radical (unpaired) electrons. The maximum atomic E-state index is 12.2. The number of carbonyl (C=O) groups excluding carboxylic acids is 2. The summed E-state index contributed by atoms with van der Waals surface area (Å²) in [6, 6.07) is 25.4. The molecule has 24 rings (SSSR count). The molecule has 10 N–H and O–H groups in total. The summed E-state index contributed by atoms with van der Waals surface area (Å²) in [5, 5.41) is 55.8. The van der Waals surface area contributed by atoms with Crippen molar-refractivity contribution in [2.24, 2.45) is 103 Å². The number of ketones is 2. The fourth-order valence-electron chi connectivity index (χ4n) is 30.3. The summed E-state index contributed by atoms with van der Waals surface area (Å²) in [6.45, 7) is 17.6. The number of hydrogen-bond acceptors (Lipinski definition) is 18. The number of carbonyl (C=O) groups is 2. The number of nitrogens with zero attached hydrogens (tertiary/aromatic N) is 2. The summed E-state index contributed by atoms with van der Waals surface area (Å²) in [6.07, 6.45) is 31.2. The first-order valence-electron chi connectivity index (χ1n) is 49.8. The fraction of sp³-hybridized carbons (Fsp3) is 0.526. The summed E-state index contributed by atoms with van der Waals surface area (Å²) in [4.78, 5) is 24.3. The Labute approximate surface area is 809 Å². The van der Waals surface area contributed by atoms with Crippen LogP contribution in [0.2, 0.25) is 0 Å². The van der Waals surface area contributed by atoms with Crippen molar-refractivity contribution in [2.75, 3.05) is 27.2 Å². The minimum Gasteiger partial charge on any atom is -0.454 e. The highest BCUT2D eigenvalue weighted by Crippen LogP contribution is 2.72. The lowest BCUT2D eigenvalue weighted by atomic mass is 9.51. The van der Waals surface area contributed by atoms with Gasteiger partial charge in [-0.05, 0) is 404 Å². The highest BCUT2D eigenvalue weighted by atomic mass is 32.1. The molecule has 4 aliphatic heterocycles. The third-order valence-corrected chi connectivity index (χ3v) is 36.6. The molecule has 8 saturated carbocycles. The van der Waals surface area contributed by atoms with Gasteiger partial charge < -0.3 is 69.8 Å². The van der Waals surface area contributed by atoms with Gasteiger partial charge in [-0.1, -0.05) is 97.9 Å². The number of benzene rings is 4. The Kier molecular flexibility index (Phi) is 24.3. The van der Waals surface area contributed by atoms with Crippen LogP contribution in [-0.2, 0) is 9.59 Å². The van der Waals surface area contributed by atoms with Crippen LogP contribution in [-0.4, -0.2) is 104 Å². The van der Waals surface area contributed by atoms with Crippen LogP contribution in [0.1, 0.15) is 268 Å². The van der Waals surface area contributed by atoms with E-state index >= 15 is 0 Å². The van der Waals surface area contributed by atoms with Gasteiger partial charge in [0.2, 0.25) is 27.2 Å². The largest absolute Gasteiger partial charge is 0.454 e. The second-order valence-electron chi connectivity index (χ2n) is 42.7. The van der Waals surface area contributed by atoms with Crippen molar-refractivity contribution in [1.29, 1.82) is 0 Å². The summed E-state index contributed by atoms with van der Waals surface area (Å²) < 4.78 is 45.2. The molecular formula is C114H126N6O14S2. The van der Waals surface area contributed by atoms with Gasteiger partial charge in [-0.3, -0.25) is 20.4 Å². The molecule has 4 aromatic rings. The van der Waals surface area contributed by atoms with Crippen LogP contribution in [0.15, 0.2) is 174 Å². The van der Waals surface area contributed by atoms with Gasteiger partial charge in [0.05, 0.1) is 23.6 Å². The Balaban J connectivity index is 0.000000109. The Bertz CT molecular complexity index is 6180. The third kappa shape index (κ3) is 15.7. The lowest BCUT2D eigenvalue weighted by Gasteiger charge is -2.53. The SMILES string of the molecule is CC#CC1C[C@H]2[C@@H]3CCC4=CC(=NNC(N)=S)CCC4=C3[C@@H](c3ccc4c(c3)OCO4)C[C@]2(C)[C@H]1O.CC#CC1C[C@H]2[C@@H]3CCC4=CC(=O)CCC4=C3[C@@H](c3ccc4c(c3)OCO4)C[C@]2(C)[C@H]1O.CC#C[C@@]1(O)CC[C@@H]2[C@H]3CCC4=CC(=NNC(N)=S)CCC4=C3[C@H](c3ccc4c(c3)OCO4)C[C@]21C.CC#C[C@@]1(O)CC[C@@H]2[C@H]3CCC4=CC(=O)CCC4=C3[C@H](c3ccc4c(c3)OCO4)C[C@]21C. The standard InChI is InChI=1S/2C29H33N3O3S.2C28H30O4/c1-3-11-29(33)12-10-23-21-7-4-17-13-19(31-32-27(30)36)6-8-20(17)26(21)22(15-28(23,29)2)18-5-9-24-25(14-18)35-16-34-24;1-3-4-18-12-23-21-8-5-16-11-19(31-32-28(30)36)7-9-20(16)26(21)22(14-29(23,2)27(18)33)17-6-10-24-25(13-17)35-15-34-24;1-3-11-28(30)12-10-23-21-7-4-17-13-19(29)6-8-20(17)26(21)22(15-27(23,28)2)18-5-9-24-25(14-18)32-16-31-24;1-3-4-18-12-23-21-8-5-16-11-19(29)7-9-20(16)26(21)22(14-28(23,2)27(18)30)17-6-10-24-25(13-17)32-15-31-24/h5,9,13-14,21-23,33H,4,6-8,10,12,15-16H2,1-2H3,(H3,30,32,36);6,10-11,13,18,21-23,27,33H,5,7-9,12,14-15H2,1-2H3,(H3,30,32,36);5,9,13-14,21-23,30H,4,6-8,10,12,15-16H2,1-2H3;6,10-11,13,18,21-23,27,30H,5,7-9,12,14-15H2,1-2H3/t21-,22+,23-,28-,29-;18?,21-,22+,23-,27-,29-;21-,22+,23-,27-,28-;18?,21-,22+,23-,27-,28-/m1010/s1. The van der Waals surface area contributed by atoms with Gasteiger partial charge in [-0.2, -0.15) is 10.2 Å². The molecule has 0 saturated heterocycles. The van der Waals surface area contributed by atoms with Crippen molar-refractivity contribution >= 4 is 57.7 Å². The lowest BCUT2D eigenvalue weighted by Crippen LogP contribution is -2.51. The Morgan fingerprint density at radius 3 is 1.01 bits per heavy atom. The Hall–Kier alpha value is -10.7. The summed E-state index contributed by atoms with van der Waals surface area (Å²) in [7, 11) is 0. The van der Waals surface area contributed by atoms with E-state index in [1.165, 1.54) is 78.0 Å². The number of aliphatic hydroxyl groups excluding tert-OH is 2. The van der Waals surface area contributed by atoms with E-state index in [0.717, 1.165) is 212 Å². The molecule has 136 heavy (non-hydrogen) atoms. The average molecular weight is 1870 g/mol. The molecule has 0 spiro atoms. The summed E-state index contributed by atoms with van der Waals surface area (Å²) in [5.74, 6) is 36.6. The van der Waals surface area contributed by atoms with E-state index in [1.54, 1.807) is 11.1 Å². The molecule has 0 amide bonds. The normalized spacial score (nSPS) is 36.1. The van der Waals surface area contributed by atoms with Crippen molar-refractivity contribution in [1.82, 2.24) is 10.9 Å². The van der Waals surface area contributed by atoms with Crippen molar-refractivity contribution < 1.29 is 67.9 Å². The maximum Gasteiger partial charge on any atom is 0.231 e. The van der Waals surface area contributed by atoms with Crippen LogP contribution in [0.3, 0.4) is 0 Å². The number of hydrazone groups is 2. The molecule has 708 valence electrons. The number of thiocarbonyl (C=S) groups is 2. The zero-order valence-corrected chi connectivity index (χ0v) is 81.1. The first-order valence-corrected chi connectivity index (χ1v) is 50.6. The summed E-state index contributed by atoms with van der Waals surface area (Å²) in [5.41, 5.74) is 38.1. The van der Waals surface area contributed by atoms with E-state index in [-0.39, 0.29) is 106 Å². The van der Waals surface area contributed by atoms with Crippen LogP contribution < -0.4 is 60.2 Å². The van der Waals surface area contributed by atoms with Gasteiger partial charge >= 0.3 is 0 Å². The van der Waals surface area contributed by atoms with Crippen LogP contribution in [0.4, 0.5) is 0 Å². The molecule has 20 aliphatic rings. The minimum absolute atomic E-state index is 0.0416. The van der Waals surface area contributed by atoms with Crippen molar-refractivity contribution in [3.05, 3.63) is 186 Å². The number of nitrogens with one attached hydrogen (secondary N) is 2. The quantitative estimate of drug-likeness (QED) is 0.0506. The molecule has 16 aliphatic carbocycles. The Morgan fingerprint density at radius 1 is 0.390 bits per heavy atom. The minimum atomic E-state index is -0.952. The van der Waals surface area contributed by atoms with Gasteiger partial charge in [0.25, 0.3) is 0 Å². The zero-order chi connectivity index (χ0) is 94.2. The van der Waals surface area contributed by atoms with Gasteiger partial charge in [-0.15, -0.1) is 23.7 Å². The molecule has 4 aromatic carbocycles. The summed E-state index contributed by atoms with van der Waals surface area (Å²) >= 11 is 9.86. The average Bonchev–Trinajstić information content (AvgIpc) is 1.52. The molecule has 4 heterocycles. The van der Waals surface area contributed by atoms with Crippen molar-refractivity contribution in [3.63, 3.8) is 0 Å². The first-order chi connectivity index (χ1) is 65.6. The van der Waals surface area contributed by atoms with Gasteiger partial charge in [0, 0.05) is 59.2 Å². The van der Waals surface area contributed by atoms with Gasteiger partial charge in [0.1, 0.15) is 11.2 Å². The Morgan fingerprint density at radius 2 is 0.691 bits per heavy atom. The van der Waals surface area contributed by atoms with E-state index in [9.17, 15) is 30.0 Å². The predicted molar refractivity (Wildman–Crippen MR) is 529 cm³/mol. The van der Waals surface area contributed by atoms with E-state index in [4.69, 9.17) is 73.8 Å². The van der Waals surface area contributed by atoms with Crippen LogP contribution in [0, 0.1) is 128 Å². The highest BCUT2D eigenvalue weighted by molar-refractivity contribution is 7.80. The number of fused-ring (bicyclic) bond motifs is 20. The highest BCUT2D eigenvalue weighted by Gasteiger charge is 2.66. The van der Waals surface area contributed by atoms with E-state index in [2.05, 4.69) is 157 Å². The smallest absolute Gasteiger partial charge is 0.231 e. The lowest BCUT2D eigenvalue weighted by molar-refractivity contribution is -0.115. The fourth-order valence-corrected chi connectivity index (χ4v) is 30.4. The number of nitrogens with two attached hydrogens (primary N) is 2. The van der Waals surface area contributed by atoms with E-state index < -0.39 is 23.4 Å². The molecule has 0 bridgehead atoms. The molecule has 22 atom stereocenters. The monoisotopic (exact) mass is 1870 g/mol. The maximum absolute atomic E-state index is 12.2. The van der Waals surface area contributed by atoms with E-state index in [0.29, 0.717) is 60.2 Å². The van der Waals surface area contributed by atoms with Crippen LogP contribution in [0.25, 0.3) is 0 Å². The number of ether oxygens (including phenoxy) is 8. The van der Waals surface area contributed by atoms with E-state index in [1.807, 2.05) is 64.1 Å². The third-order valence-electron chi connectivity index (χ3n) is 36.4.